The SMILES string of the molecule is CC(C)(C)OC(=O)N1CCC2(C1)OCC2=O. The van der Waals surface area contributed by atoms with Gasteiger partial charge in [-0.25, -0.2) is 4.79 Å². The number of likely N-dealkylation sites (tertiary alicyclic amines) is 1. The van der Waals surface area contributed by atoms with E-state index in [1.807, 2.05) is 20.8 Å². The molecule has 0 aliphatic carbocycles. The number of nitrogens with zero attached hydrogens (tertiary/aromatic N) is 1. The molecule has 2 aliphatic heterocycles. The molecular formula is C11H17NO4. The maximum atomic E-state index is 11.7. The highest BCUT2D eigenvalue weighted by Gasteiger charge is 2.53. The van der Waals surface area contributed by atoms with Crippen molar-refractivity contribution in [1.29, 1.82) is 0 Å². The highest BCUT2D eigenvalue weighted by atomic mass is 16.6. The summed E-state index contributed by atoms with van der Waals surface area (Å²) in [6.07, 6.45) is 0.220. The van der Waals surface area contributed by atoms with Crippen molar-refractivity contribution in [2.45, 2.75) is 38.4 Å². The molecular weight excluding hydrogens is 210 g/mol. The highest BCUT2D eigenvalue weighted by Crippen LogP contribution is 2.33. The van der Waals surface area contributed by atoms with Crippen LogP contribution in [0.5, 0.6) is 0 Å². The van der Waals surface area contributed by atoms with Gasteiger partial charge < -0.3 is 14.4 Å². The van der Waals surface area contributed by atoms with Gasteiger partial charge in [-0.05, 0) is 20.8 Å². The Balaban J connectivity index is 1.94. The van der Waals surface area contributed by atoms with Gasteiger partial charge in [0.05, 0.1) is 6.54 Å². The Hall–Kier alpha value is -1.10. The van der Waals surface area contributed by atoms with Gasteiger partial charge in [-0.15, -0.1) is 0 Å². The molecule has 5 nitrogen and oxygen atoms in total. The maximum Gasteiger partial charge on any atom is 0.410 e. The number of carbonyl (C=O) groups excluding carboxylic acids is 2. The molecule has 0 aromatic rings. The van der Waals surface area contributed by atoms with E-state index in [4.69, 9.17) is 9.47 Å². The van der Waals surface area contributed by atoms with Crippen LogP contribution in [-0.4, -0.2) is 47.7 Å². The third-order valence-corrected chi connectivity index (χ3v) is 2.87. The lowest BCUT2D eigenvalue weighted by molar-refractivity contribution is -0.175. The Labute approximate surface area is 94.7 Å². The first-order valence-electron chi connectivity index (χ1n) is 5.48. The molecule has 0 saturated carbocycles. The number of ether oxygens (including phenoxy) is 2. The zero-order valence-corrected chi connectivity index (χ0v) is 9.91. The average Bonchev–Trinajstić information content (AvgIpc) is 2.59. The molecule has 16 heavy (non-hydrogen) atoms. The summed E-state index contributed by atoms with van der Waals surface area (Å²) in [5, 5.41) is 0. The van der Waals surface area contributed by atoms with E-state index >= 15 is 0 Å². The van der Waals surface area contributed by atoms with Gasteiger partial charge in [0.25, 0.3) is 0 Å². The molecule has 2 heterocycles. The number of amides is 1. The Morgan fingerprint density at radius 1 is 1.50 bits per heavy atom. The molecule has 2 fully saturated rings. The van der Waals surface area contributed by atoms with Crippen molar-refractivity contribution in [1.82, 2.24) is 4.90 Å². The second kappa shape index (κ2) is 3.45. The molecule has 1 unspecified atom stereocenters. The fourth-order valence-corrected chi connectivity index (χ4v) is 1.94. The molecule has 2 rings (SSSR count). The first-order valence-corrected chi connectivity index (χ1v) is 5.48. The lowest BCUT2D eigenvalue weighted by Crippen LogP contribution is -2.56. The lowest BCUT2D eigenvalue weighted by atomic mass is 9.93. The Bertz CT molecular complexity index is 333. The molecule has 5 heteroatoms. The standard InChI is InChI=1S/C11H17NO4/c1-10(2,3)16-9(14)12-5-4-11(7-12)8(13)6-15-11/h4-7H2,1-3H3. The topological polar surface area (TPSA) is 55.8 Å². The van der Waals surface area contributed by atoms with Crippen molar-refractivity contribution in [3.8, 4) is 0 Å². The van der Waals surface area contributed by atoms with Gasteiger partial charge in [-0.3, -0.25) is 4.79 Å². The van der Waals surface area contributed by atoms with Crippen LogP contribution in [0.1, 0.15) is 27.2 Å². The fraction of sp³-hybridized carbons (Fsp3) is 0.818. The minimum Gasteiger partial charge on any atom is -0.444 e. The first kappa shape index (κ1) is 11.4. The Morgan fingerprint density at radius 2 is 2.19 bits per heavy atom. The number of hydrogen-bond donors (Lipinski definition) is 0. The summed E-state index contributed by atoms with van der Waals surface area (Å²) in [6.45, 7) is 6.51. The van der Waals surface area contributed by atoms with E-state index in [9.17, 15) is 9.59 Å². The van der Waals surface area contributed by atoms with Crippen molar-refractivity contribution in [3.05, 3.63) is 0 Å². The van der Waals surface area contributed by atoms with Crippen LogP contribution in [0.15, 0.2) is 0 Å². The highest BCUT2D eigenvalue weighted by molar-refractivity contribution is 5.94. The van der Waals surface area contributed by atoms with Crippen LogP contribution in [0.3, 0.4) is 0 Å². The average molecular weight is 227 g/mol. The van der Waals surface area contributed by atoms with Gasteiger partial charge in [0.2, 0.25) is 0 Å². The molecule has 0 aromatic heterocycles. The molecule has 0 N–H and O–H groups in total. The number of rotatable bonds is 0. The molecule has 90 valence electrons. The van der Waals surface area contributed by atoms with Gasteiger partial charge >= 0.3 is 6.09 Å². The van der Waals surface area contributed by atoms with Crippen LogP contribution in [0, 0.1) is 0 Å². The van der Waals surface area contributed by atoms with E-state index in [0.717, 1.165) is 0 Å². The first-order chi connectivity index (χ1) is 7.32. The monoisotopic (exact) mass is 227 g/mol. The summed E-state index contributed by atoms with van der Waals surface area (Å²) in [7, 11) is 0. The molecule has 1 spiro atoms. The van der Waals surface area contributed by atoms with E-state index in [1.54, 1.807) is 4.90 Å². The van der Waals surface area contributed by atoms with Crippen LogP contribution in [-0.2, 0) is 14.3 Å². The van der Waals surface area contributed by atoms with E-state index in [1.165, 1.54) is 0 Å². The molecule has 2 saturated heterocycles. The van der Waals surface area contributed by atoms with Gasteiger partial charge in [0.15, 0.2) is 5.78 Å². The largest absolute Gasteiger partial charge is 0.444 e. The van der Waals surface area contributed by atoms with Crippen molar-refractivity contribution >= 4 is 11.9 Å². The summed E-state index contributed by atoms with van der Waals surface area (Å²) in [6, 6.07) is 0. The van der Waals surface area contributed by atoms with Gasteiger partial charge in [-0.2, -0.15) is 0 Å². The zero-order chi connectivity index (χ0) is 12.0. The van der Waals surface area contributed by atoms with E-state index in [2.05, 4.69) is 0 Å². The second-order valence-electron chi connectivity index (χ2n) is 5.36. The molecule has 2 aliphatic rings. The van der Waals surface area contributed by atoms with E-state index in [-0.39, 0.29) is 18.5 Å². The van der Waals surface area contributed by atoms with Gasteiger partial charge in [0, 0.05) is 13.0 Å². The number of carbonyl (C=O) groups is 2. The minimum atomic E-state index is -0.711. The maximum absolute atomic E-state index is 11.7. The third-order valence-electron chi connectivity index (χ3n) is 2.87. The molecule has 0 aromatic carbocycles. The number of Topliss-reactive ketones (excluding diaryl/α,β-unsaturated/α-hetero) is 1. The fourth-order valence-electron chi connectivity index (χ4n) is 1.94. The van der Waals surface area contributed by atoms with E-state index < -0.39 is 11.2 Å². The summed E-state index contributed by atoms with van der Waals surface area (Å²) >= 11 is 0. The molecule has 0 bridgehead atoms. The Kier molecular flexibility index (Phi) is 2.45. The predicted octanol–water partition coefficient (Wildman–Crippen LogP) is 0.965. The number of ketones is 1. The quantitative estimate of drug-likeness (QED) is 0.618. The van der Waals surface area contributed by atoms with Crippen LogP contribution >= 0.6 is 0 Å². The van der Waals surface area contributed by atoms with E-state index in [0.29, 0.717) is 19.5 Å². The lowest BCUT2D eigenvalue weighted by Gasteiger charge is -2.36. The van der Waals surface area contributed by atoms with Crippen molar-refractivity contribution in [2.75, 3.05) is 19.7 Å². The van der Waals surface area contributed by atoms with Crippen molar-refractivity contribution < 1.29 is 19.1 Å². The summed E-state index contributed by atoms with van der Waals surface area (Å²) in [4.78, 5) is 24.7. The van der Waals surface area contributed by atoms with Crippen LogP contribution in [0.25, 0.3) is 0 Å². The number of hydrogen-bond acceptors (Lipinski definition) is 4. The van der Waals surface area contributed by atoms with Crippen LogP contribution in [0.4, 0.5) is 4.79 Å². The third kappa shape index (κ3) is 1.91. The predicted molar refractivity (Wildman–Crippen MR) is 56.1 cm³/mol. The van der Waals surface area contributed by atoms with Crippen LogP contribution < -0.4 is 0 Å². The molecule has 1 atom stereocenters. The smallest absolute Gasteiger partial charge is 0.410 e. The summed E-state index contributed by atoms with van der Waals surface area (Å²) in [5.41, 5.74) is -1.21. The second-order valence-corrected chi connectivity index (χ2v) is 5.36. The zero-order valence-electron chi connectivity index (χ0n) is 9.91. The van der Waals surface area contributed by atoms with Crippen molar-refractivity contribution in [2.24, 2.45) is 0 Å². The molecule has 1 amide bonds. The minimum absolute atomic E-state index is 0.0959. The van der Waals surface area contributed by atoms with Crippen molar-refractivity contribution in [3.63, 3.8) is 0 Å². The van der Waals surface area contributed by atoms with Gasteiger partial charge in [-0.1, -0.05) is 0 Å². The molecule has 0 radical (unpaired) electrons. The summed E-state index contributed by atoms with van der Waals surface area (Å²) < 4.78 is 10.5. The van der Waals surface area contributed by atoms with Crippen LogP contribution in [0.2, 0.25) is 0 Å². The Morgan fingerprint density at radius 3 is 2.56 bits per heavy atom. The van der Waals surface area contributed by atoms with Gasteiger partial charge in [0.1, 0.15) is 17.8 Å². The summed E-state index contributed by atoms with van der Waals surface area (Å²) in [5.74, 6) is 0.0959. The normalized spacial score (nSPS) is 29.4.